The van der Waals surface area contributed by atoms with Gasteiger partial charge in [-0.05, 0) is 52.3 Å². The van der Waals surface area contributed by atoms with E-state index in [1.165, 1.54) is 25.3 Å². The van der Waals surface area contributed by atoms with E-state index in [1.54, 1.807) is 24.3 Å². The number of nitrogens with zero attached hydrogens (tertiary/aromatic N) is 1. The Kier molecular flexibility index (Phi) is 4.50. The molecule has 108 valence electrons. The lowest BCUT2D eigenvalue weighted by Crippen LogP contribution is -2.13. The highest BCUT2D eigenvalue weighted by molar-refractivity contribution is 9.10. The molecule has 0 heterocycles. The molecule has 7 heteroatoms. The average molecular weight is 367 g/mol. The fourth-order valence-electron chi connectivity index (χ4n) is 1.68. The summed E-state index contributed by atoms with van der Waals surface area (Å²) in [4.78, 5) is 0.0356. The molecule has 0 aromatic heterocycles. The minimum Gasteiger partial charge on any atom is -0.496 e. The Morgan fingerprint density at radius 3 is 2.62 bits per heavy atom. The van der Waals surface area contributed by atoms with Crippen LogP contribution in [-0.2, 0) is 10.0 Å². The zero-order chi connectivity index (χ0) is 15.5. The molecule has 0 fully saturated rings. The van der Waals surface area contributed by atoms with Gasteiger partial charge >= 0.3 is 0 Å². The van der Waals surface area contributed by atoms with Crippen molar-refractivity contribution in [2.75, 3.05) is 11.8 Å². The SMILES string of the molecule is COc1ccc(NS(=O)(=O)c2cccc(C#N)c2)cc1Br. The van der Waals surface area contributed by atoms with Crippen LogP contribution in [0.5, 0.6) is 5.75 Å². The zero-order valence-electron chi connectivity index (χ0n) is 11.0. The Morgan fingerprint density at radius 2 is 2.00 bits per heavy atom. The van der Waals surface area contributed by atoms with E-state index in [1.807, 2.05) is 6.07 Å². The number of methoxy groups -OCH3 is 1. The van der Waals surface area contributed by atoms with Crippen LogP contribution in [0.3, 0.4) is 0 Å². The quantitative estimate of drug-likeness (QED) is 0.901. The fraction of sp³-hybridized carbons (Fsp3) is 0.0714. The number of ether oxygens (including phenoxy) is 1. The predicted octanol–water partition coefficient (Wildman–Crippen LogP) is 3.13. The molecule has 5 nitrogen and oxygen atoms in total. The minimum absolute atomic E-state index is 0.0356. The van der Waals surface area contributed by atoms with Crippen molar-refractivity contribution in [3.05, 3.63) is 52.5 Å². The zero-order valence-corrected chi connectivity index (χ0v) is 13.4. The number of nitrogens with one attached hydrogen (secondary N) is 1. The Bertz CT molecular complexity index is 813. The van der Waals surface area contributed by atoms with Crippen molar-refractivity contribution in [3.8, 4) is 11.8 Å². The van der Waals surface area contributed by atoms with Gasteiger partial charge in [0, 0.05) is 0 Å². The molecule has 0 saturated heterocycles. The van der Waals surface area contributed by atoms with E-state index in [-0.39, 0.29) is 10.5 Å². The van der Waals surface area contributed by atoms with Crippen LogP contribution in [0.25, 0.3) is 0 Å². The molecule has 0 bridgehead atoms. The van der Waals surface area contributed by atoms with Gasteiger partial charge in [0.2, 0.25) is 0 Å². The Labute approximate surface area is 131 Å². The van der Waals surface area contributed by atoms with Crippen molar-refractivity contribution in [1.29, 1.82) is 5.26 Å². The third-order valence-corrected chi connectivity index (χ3v) is 4.68. The number of nitriles is 1. The van der Waals surface area contributed by atoms with Gasteiger partial charge in [0.15, 0.2) is 0 Å². The molecule has 0 amide bonds. The third kappa shape index (κ3) is 3.54. The summed E-state index contributed by atoms with van der Waals surface area (Å²) in [5, 5.41) is 8.83. The van der Waals surface area contributed by atoms with E-state index in [0.717, 1.165) is 0 Å². The lowest BCUT2D eigenvalue weighted by Gasteiger charge is -2.10. The number of hydrogen-bond acceptors (Lipinski definition) is 4. The van der Waals surface area contributed by atoms with Crippen molar-refractivity contribution in [2.24, 2.45) is 0 Å². The molecule has 0 saturated carbocycles. The van der Waals surface area contributed by atoms with Crippen LogP contribution >= 0.6 is 15.9 Å². The molecule has 0 atom stereocenters. The minimum atomic E-state index is -3.75. The maximum Gasteiger partial charge on any atom is 0.261 e. The normalized spacial score (nSPS) is 10.7. The number of sulfonamides is 1. The average Bonchev–Trinajstić information content (AvgIpc) is 2.47. The molecule has 0 aliphatic rings. The molecule has 0 aliphatic heterocycles. The smallest absolute Gasteiger partial charge is 0.261 e. The third-order valence-electron chi connectivity index (χ3n) is 2.68. The lowest BCUT2D eigenvalue weighted by atomic mass is 10.2. The molecular weight excluding hydrogens is 356 g/mol. The standard InChI is InChI=1S/C14H11BrN2O3S/c1-20-14-6-5-11(8-13(14)15)17-21(18,19)12-4-2-3-10(7-12)9-16/h2-8,17H,1H3. The summed E-state index contributed by atoms with van der Waals surface area (Å²) < 4.78 is 32.7. The summed E-state index contributed by atoms with van der Waals surface area (Å²) in [6.07, 6.45) is 0. The van der Waals surface area contributed by atoms with Crippen LogP contribution in [0.2, 0.25) is 0 Å². The highest BCUT2D eigenvalue weighted by Crippen LogP contribution is 2.28. The van der Waals surface area contributed by atoms with Crippen molar-refractivity contribution in [2.45, 2.75) is 4.90 Å². The topological polar surface area (TPSA) is 79.2 Å². The second-order valence-electron chi connectivity index (χ2n) is 4.09. The van der Waals surface area contributed by atoms with Gasteiger partial charge < -0.3 is 4.74 Å². The van der Waals surface area contributed by atoms with Crippen LogP contribution in [0.15, 0.2) is 51.8 Å². The first-order chi connectivity index (χ1) is 9.96. The highest BCUT2D eigenvalue weighted by Gasteiger charge is 2.15. The largest absolute Gasteiger partial charge is 0.496 e. The lowest BCUT2D eigenvalue weighted by molar-refractivity contribution is 0.412. The van der Waals surface area contributed by atoms with Crippen LogP contribution in [-0.4, -0.2) is 15.5 Å². The van der Waals surface area contributed by atoms with Gasteiger partial charge in [0.25, 0.3) is 10.0 Å². The Balaban J connectivity index is 2.33. The fourth-order valence-corrected chi connectivity index (χ4v) is 3.31. The second kappa shape index (κ2) is 6.16. The summed E-state index contributed by atoms with van der Waals surface area (Å²) in [5.74, 6) is 0.601. The molecule has 2 aromatic rings. The maximum absolute atomic E-state index is 12.3. The van der Waals surface area contributed by atoms with E-state index in [0.29, 0.717) is 15.9 Å². The number of halogens is 1. The second-order valence-corrected chi connectivity index (χ2v) is 6.63. The molecule has 0 spiro atoms. The highest BCUT2D eigenvalue weighted by atomic mass is 79.9. The molecule has 2 aromatic carbocycles. The van der Waals surface area contributed by atoms with Gasteiger partial charge in [-0.1, -0.05) is 6.07 Å². The van der Waals surface area contributed by atoms with Gasteiger partial charge in [-0.15, -0.1) is 0 Å². The van der Waals surface area contributed by atoms with Crippen molar-refractivity contribution < 1.29 is 13.2 Å². The van der Waals surface area contributed by atoms with Gasteiger partial charge in [0.1, 0.15) is 5.75 Å². The molecule has 21 heavy (non-hydrogen) atoms. The van der Waals surface area contributed by atoms with Gasteiger partial charge in [-0.25, -0.2) is 8.42 Å². The molecule has 0 aliphatic carbocycles. The molecule has 0 unspecified atom stereocenters. The molecule has 2 rings (SSSR count). The predicted molar refractivity (Wildman–Crippen MR) is 82.7 cm³/mol. The van der Waals surface area contributed by atoms with Gasteiger partial charge in [-0.2, -0.15) is 5.26 Å². The van der Waals surface area contributed by atoms with Crippen LogP contribution in [0.1, 0.15) is 5.56 Å². The summed E-state index contributed by atoms with van der Waals surface area (Å²) >= 11 is 3.29. The van der Waals surface area contributed by atoms with Crippen LogP contribution in [0, 0.1) is 11.3 Å². The summed E-state index contributed by atoms with van der Waals surface area (Å²) in [5.41, 5.74) is 0.679. The number of benzene rings is 2. The van der Waals surface area contributed by atoms with E-state index in [2.05, 4.69) is 20.7 Å². The van der Waals surface area contributed by atoms with Crippen molar-refractivity contribution >= 4 is 31.6 Å². The number of hydrogen-bond donors (Lipinski definition) is 1. The Morgan fingerprint density at radius 1 is 1.24 bits per heavy atom. The van der Waals surface area contributed by atoms with E-state index in [9.17, 15) is 8.42 Å². The number of anilines is 1. The van der Waals surface area contributed by atoms with Crippen molar-refractivity contribution in [3.63, 3.8) is 0 Å². The van der Waals surface area contributed by atoms with Crippen molar-refractivity contribution in [1.82, 2.24) is 0 Å². The van der Waals surface area contributed by atoms with E-state index in [4.69, 9.17) is 10.00 Å². The first-order valence-corrected chi connectivity index (χ1v) is 8.10. The monoisotopic (exact) mass is 366 g/mol. The Hall–Kier alpha value is -2.04. The van der Waals surface area contributed by atoms with Gasteiger partial charge in [-0.3, -0.25) is 4.72 Å². The first-order valence-electron chi connectivity index (χ1n) is 5.83. The number of rotatable bonds is 4. The van der Waals surface area contributed by atoms with E-state index >= 15 is 0 Å². The molecule has 0 radical (unpaired) electrons. The summed E-state index contributed by atoms with van der Waals surface area (Å²) in [7, 11) is -2.22. The maximum atomic E-state index is 12.3. The van der Waals surface area contributed by atoms with Crippen LogP contribution in [0.4, 0.5) is 5.69 Å². The molecule has 1 N–H and O–H groups in total. The van der Waals surface area contributed by atoms with Crippen LogP contribution < -0.4 is 9.46 Å². The van der Waals surface area contributed by atoms with Gasteiger partial charge in [0.05, 0.1) is 33.8 Å². The summed E-state index contributed by atoms with van der Waals surface area (Å²) in [6.45, 7) is 0. The first kappa shape index (κ1) is 15.4. The molecular formula is C14H11BrN2O3S. The van der Waals surface area contributed by atoms with E-state index < -0.39 is 10.0 Å². The summed E-state index contributed by atoms with van der Waals surface area (Å²) in [6, 6.07) is 12.6.